The van der Waals surface area contributed by atoms with Crippen molar-refractivity contribution in [3.8, 4) is 0 Å². The molecule has 0 fully saturated rings. The zero-order valence-corrected chi connectivity index (χ0v) is 16.5. The molecule has 0 aromatic rings. The SMILES string of the molecule is CCCCCCCCCCCCC(CS(=O)(=O)O)OC(C)(C)C.[LiH]. The third-order valence-corrected chi connectivity index (χ3v) is 4.59. The fourth-order valence-electron chi connectivity index (χ4n) is 2.77. The Labute approximate surface area is 162 Å². The van der Waals surface area contributed by atoms with Crippen LogP contribution in [0, 0.1) is 0 Å². The molecule has 0 saturated heterocycles. The van der Waals surface area contributed by atoms with Crippen molar-refractivity contribution >= 4 is 29.0 Å². The molecule has 0 aromatic heterocycles. The summed E-state index contributed by atoms with van der Waals surface area (Å²) in [5.41, 5.74) is -0.395. The van der Waals surface area contributed by atoms with Crippen molar-refractivity contribution in [1.82, 2.24) is 0 Å². The maximum absolute atomic E-state index is 11.1. The fraction of sp³-hybridized carbons (Fsp3) is 1.00. The summed E-state index contributed by atoms with van der Waals surface area (Å²) < 4.78 is 37.0. The summed E-state index contributed by atoms with van der Waals surface area (Å²) in [6.07, 6.45) is 12.8. The summed E-state index contributed by atoms with van der Waals surface area (Å²) >= 11 is 0. The second-order valence-electron chi connectivity index (χ2n) is 7.57. The van der Waals surface area contributed by atoms with E-state index >= 15 is 0 Å². The molecule has 0 amide bonds. The molecule has 0 saturated carbocycles. The molecule has 24 heavy (non-hydrogen) atoms. The van der Waals surface area contributed by atoms with E-state index in [0.717, 1.165) is 12.8 Å². The number of hydrogen-bond acceptors (Lipinski definition) is 3. The molecule has 142 valence electrons. The van der Waals surface area contributed by atoms with Gasteiger partial charge in [0.05, 0.1) is 11.7 Å². The molecular formula is C18H39LiO4S. The molecular weight excluding hydrogens is 319 g/mol. The molecule has 0 rings (SSSR count). The van der Waals surface area contributed by atoms with Gasteiger partial charge in [0.1, 0.15) is 5.75 Å². The second kappa shape index (κ2) is 14.6. The first-order chi connectivity index (χ1) is 10.6. The Bertz CT molecular complexity index is 377. The monoisotopic (exact) mass is 358 g/mol. The van der Waals surface area contributed by atoms with Crippen LogP contribution in [-0.4, -0.2) is 49.3 Å². The standard InChI is InChI=1S/C18H38O4S.Li.H/c1-5-6-7-8-9-10-11-12-13-14-15-17(16-23(19,20)21)22-18(2,3)4;;/h17H,5-16H2,1-4H3,(H,19,20,21);;. The van der Waals surface area contributed by atoms with E-state index in [-0.39, 0.29) is 24.6 Å². The van der Waals surface area contributed by atoms with E-state index in [4.69, 9.17) is 9.29 Å². The molecule has 0 radical (unpaired) electrons. The minimum atomic E-state index is -3.98. The summed E-state index contributed by atoms with van der Waals surface area (Å²) in [5, 5.41) is 0. The van der Waals surface area contributed by atoms with Crippen molar-refractivity contribution < 1.29 is 17.7 Å². The van der Waals surface area contributed by atoms with E-state index < -0.39 is 21.8 Å². The van der Waals surface area contributed by atoms with Gasteiger partial charge in [-0.1, -0.05) is 71.1 Å². The van der Waals surface area contributed by atoms with E-state index in [1.54, 1.807) is 0 Å². The van der Waals surface area contributed by atoms with Crippen molar-refractivity contribution in [2.45, 2.75) is 110 Å². The van der Waals surface area contributed by atoms with Crippen LogP contribution in [0.2, 0.25) is 0 Å². The van der Waals surface area contributed by atoms with Crippen LogP contribution in [0.3, 0.4) is 0 Å². The predicted octanol–water partition coefficient (Wildman–Crippen LogP) is 4.72. The van der Waals surface area contributed by atoms with E-state index in [0.29, 0.717) is 6.42 Å². The van der Waals surface area contributed by atoms with Crippen molar-refractivity contribution in [2.75, 3.05) is 5.75 Å². The van der Waals surface area contributed by atoms with E-state index in [1.165, 1.54) is 51.4 Å². The van der Waals surface area contributed by atoms with Gasteiger partial charge in [0.2, 0.25) is 0 Å². The Morgan fingerprint density at radius 3 is 1.67 bits per heavy atom. The predicted molar refractivity (Wildman–Crippen MR) is 105 cm³/mol. The van der Waals surface area contributed by atoms with Crippen LogP contribution in [0.4, 0.5) is 0 Å². The molecule has 1 atom stereocenters. The van der Waals surface area contributed by atoms with Gasteiger partial charge in [0.25, 0.3) is 10.1 Å². The van der Waals surface area contributed by atoms with Gasteiger partial charge in [-0.05, 0) is 27.2 Å². The zero-order chi connectivity index (χ0) is 17.8. The summed E-state index contributed by atoms with van der Waals surface area (Å²) in [4.78, 5) is 0. The number of unbranched alkanes of at least 4 members (excludes halogenated alkanes) is 9. The average molecular weight is 359 g/mol. The third-order valence-electron chi connectivity index (χ3n) is 3.80. The van der Waals surface area contributed by atoms with Crippen molar-refractivity contribution in [3.05, 3.63) is 0 Å². The molecule has 6 heteroatoms. The van der Waals surface area contributed by atoms with Crippen LogP contribution < -0.4 is 0 Å². The van der Waals surface area contributed by atoms with Gasteiger partial charge in [0, 0.05) is 0 Å². The Hall–Kier alpha value is 0.467. The molecule has 0 aliphatic carbocycles. The van der Waals surface area contributed by atoms with Gasteiger partial charge in [0.15, 0.2) is 0 Å². The normalized spacial score (nSPS) is 13.5. The zero-order valence-electron chi connectivity index (χ0n) is 15.6. The first-order valence-electron chi connectivity index (χ1n) is 9.27. The molecule has 0 heterocycles. The molecule has 4 nitrogen and oxygen atoms in total. The van der Waals surface area contributed by atoms with Gasteiger partial charge in [-0.2, -0.15) is 8.42 Å². The van der Waals surface area contributed by atoms with Gasteiger partial charge < -0.3 is 4.74 Å². The van der Waals surface area contributed by atoms with E-state index in [9.17, 15) is 8.42 Å². The number of rotatable bonds is 14. The van der Waals surface area contributed by atoms with Gasteiger partial charge >= 0.3 is 18.9 Å². The Morgan fingerprint density at radius 1 is 0.875 bits per heavy atom. The molecule has 1 unspecified atom stereocenters. The van der Waals surface area contributed by atoms with E-state index in [1.807, 2.05) is 20.8 Å². The average Bonchev–Trinajstić information content (AvgIpc) is 2.37. The third kappa shape index (κ3) is 20.5. The molecule has 0 aromatic carbocycles. The van der Waals surface area contributed by atoms with Crippen LogP contribution in [-0.2, 0) is 14.9 Å². The van der Waals surface area contributed by atoms with E-state index in [2.05, 4.69) is 6.92 Å². The van der Waals surface area contributed by atoms with Crippen LogP contribution in [0.15, 0.2) is 0 Å². The summed E-state index contributed by atoms with van der Waals surface area (Å²) in [5.74, 6) is -0.304. The fourth-order valence-corrected chi connectivity index (χ4v) is 3.48. The molecule has 0 bridgehead atoms. The summed E-state index contributed by atoms with van der Waals surface area (Å²) in [7, 11) is -3.98. The van der Waals surface area contributed by atoms with Crippen molar-refractivity contribution in [2.24, 2.45) is 0 Å². The van der Waals surface area contributed by atoms with Gasteiger partial charge in [-0.15, -0.1) is 0 Å². The van der Waals surface area contributed by atoms with Crippen LogP contribution >= 0.6 is 0 Å². The molecule has 1 N–H and O–H groups in total. The van der Waals surface area contributed by atoms with Crippen molar-refractivity contribution in [3.63, 3.8) is 0 Å². The van der Waals surface area contributed by atoms with Crippen LogP contribution in [0.1, 0.15) is 98.3 Å². The Morgan fingerprint density at radius 2 is 1.29 bits per heavy atom. The first kappa shape index (κ1) is 26.7. The Kier molecular flexibility index (Phi) is 16.3. The quantitative estimate of drug-likeness (QED) is 0.277. The Balaban J connectivity index is 0. The molecule has 0 aliphatic rings. The van der Waals surface area contributed by atoms with Crippen LogP contribution in [0.25, 0.3) is 0 Å². The molecule has 0 aliphatic heterocycles. The summed E-state index contributed by atoms with van der Waals surface area (Å²) in [6, 6.07) is 0. The first-order valence-corrected chi connectivity index (χ1v) is 10.9. The summed E-state index contributed by atoms with van der Waals surface area (Å²) in [6.45, 7) is 7.95. The minimum absolute atomic E-state index is 0. The maximum atomic E-state index is 11.1. The van der Waals surface area contributed by atoms with Gasteiger partial charge in [-0.3, -0.25) is 4.55 Å². The topological polar surface area (TPSA) is 63.6 Å². The number of hydrogen-bond donors (Lipinski definition) is 1. The van der Waals surface area contributed by atoms with Crippen molar-refractivity contribution in [1.29, 1.82) is 0 Å². The second-order valence-corrected chi connectivity index (χ2v) is 9.07. The van der Waals surface area contributed by atoms with Crippen LogP contribution in [0.5, 0.6) is 0 Å². The molecule has 0 spiro atoms. The number of ether oxygens (including phenoxy) is 1. The van der Waals surface area contributed by atoms with Gasteiger partial charge in [-0.25, -0.2) is 0 Å².